The summed E-state index contributed by atoms with van der Waals surface area (Å²) in [4.78, 5) is 37.5. The molecule has 164 valence electrons. The lowest BCUT2D eigenvalue weighted by Gasteiger charge is -2.18. The van der Waals surface area contributed by atoms with Gasteiger partial charge in [-0.3, -0.25) is 9.59 Å². The van der Waals surface area contributed by atoms with Crippen molar-refractivity contribution in [3.05, 3.63) is 65.0 Å². The molecule has 0 saturated heterocycles. The number of benzene rings is 2. The molecular weight excluding hydrogens is 430 g/mol. The van der Waals surface area contributed by atoms with Crippen LogP contribution in [0.3, 0.4) is 0 Å². The quantitative estimate of drug-likeness (QED) is 0.436. The number of thiophene rings is 1. The van der Waals surface area contributed by atoms with Crippen LogP contribution < -0.4 is 14.8 Å². The monoisotopic (exact) mass is 451 g/mol. The van der Waals surface area contributed by atoms with Crippen molar-refractivity contribution in [2.45, 2.75) is 20.0 Å². The average Bonchev–Trinajstić information content (AvgIpc) is 3.29. The van der Waals surface area contributed by atoms with Gasteiger partial charge in [-0.2, -0.15) is 0 Å². The highest BCUT2D eigenvalue weighted by molar-refractivity contribution is 7.17. The number of hydrogen-bond donors (Lipinski definition) is 1. The van der Waals surface area contributed by atoms with Crippen LogP contribution in [0, 0.1) is 0 Å². The van der Waals surface area contributed by atoms with Crippen molar-refractivity contribution in [3.8, 4) is 21.9 Å². The van der Waals surface area contributed by atoms with Crippen LogP contribution in [0.4, 0.5) is 5.69 Å². The van der Waals surface area contributed by atoms with E-state index in [0.29, 0.717) is 40.8 Å². The second-order valence-electron chi connectivity index (χ2n) is 7.19. The minimum Gasteiger partial charge on any atom is -0.486 e. The number of fused-ring (bicyclic) bond motifs is 1. The van der Waals surface area contributed by atoms with Gasteiger partial charge in [0.1, 0.15) is 18.1 Å². The Morgan fingerprint density at radius 1 is 0.969 bits per heavy atom. The van der Waals surface area contributed by atoms with Crippen LogP contribution in [0.2, 0.25) is 0 Å². The standard InChI is InChI=1S/C24H21NO6S/c1-14(26)16-3-6-18(7-4-16)25-23(27)15(2)31-24(28)22-10-9-21(32-22)17-5-8-19-20(13-17)30-12-11-29-19/h3-10,13,15H,11-12H2,1-2H3,(H,25,27). The lowest BCUT2D eigenvalue weighted by atomic mass is 10.1. The van der Waals surface area contributed by atoms with Gasteiger partial charge >= 0.3 is 5.97 Å². The van der Waals surface area contributed by atoms with Crippen molar-refractivity contribution < 1.29 is 28.6 Å². The van der Waals surface area contributed by atoms with Crippen LogP contribution in [0.1, 0.15) is 33.9 Å². The maximum Gasteiger partial charge on any atom is 0.349 e. The Hall–Kier alpha value is -3.65. The van der Waals surface area contributed by atoms with Gasteiger partial charge in [-0.1, -0.05) is 0 Å². The maximum atomic E-state index is 12.5. The number of nitrogens with one attached hydrogen (secondary N) is 1. The topological polar surface area (TPSA) is 90.9 Å². The maximum absolute atomic E-state index is 12.5. The number of carbonyl (C=O) groups excluding carboxylic acids is 3. The molecule has 1 amide bonds. The molecule has 8 heteroatoms. The molecule has 3 aromatic rings. The number of amides is 1. The fourth-order valence-electron chi connectivity index (χ4n) is 3.10. The zero-order valence-corrected chi connectivity index (χ0v) is 18.4. The predicted octanol–water partition coefficient (Wildman–Crippen LogP) is 4.57. The summed E-state index contributed by atoms with van der Waals surface area (Å²) in [6, 6.07) is 15.6. The van der Waals surface area contributed by atoms with Crippen LogP contribution in [0.5, 0.6) is 11.5 Å². The van der Waals surface area contributed by atoms with Gasteiger partial charge < -0.3 is 19.5 Å². The first-order chi connectivity index (χ1) is 15.4. The number of rotatable bonds is 6. The lowest BCUT2D eigenvalue weighted by molar-refractivity contribution is -0.123. The van der Waals surface area contributed by atoms with Gasteiger partial charge in [-0.25, -0.2) is 4.79 Å². The molecule has 1 aliphatic heterocycles. The molecule has 2 aromatic carbocycles. The Morgan fingerprint density at radius 2 is 1.69 bits per heavy atom. The first kappa shape index (κ1) is 21.6. The Morgan fingerprint density at radius 3 is 2.41 bits per heavy atom. The summed E-state index contributed by atoms with van der Waals surface area (Å²) in [5.74, 6) is 0.280. The van der Waals surface area contributed by atoms with E-state index in [4.69, 9.17) is 14.2 Å². The van der Waals surface area contributed by atoms with E-state index in [2.05, 4.69) is 5.32 Å². The number of Topliss-reactive ketones (excluding diaryl/α,β-unsaturated/α-hetero) is 1. The molecule has 4 rings (SSSR count). The summed E-state index contributed by atoms with van der Waals surface area (Å²) >= 11 is 1.27. The highest BCUT2D eigenvalue weighted by Crippen LogP contribution is 2.37. The van der Waals surface area contributed by atoms with E-state index in [1.165, 1.54) is 25.2 Å². The summed E-state index contributed by atoms with van der Waals surface area (Å²) in [6.07, 6.45) is -0.991. The largest absolute Gasteiger partial charge is 0.486 e. The van der Waals surface area contributed by atoms with E-state index in [0.717, 1.165) is 10.4 Å². The fourth-order valence-corrected chi connectivity index (χ4v) is 3.99. The van der Waals surface area contributed by atoms with E-state index < -0.39 is 18.0 Å². The Kier molecular flexibility index (Phi) is 6.23. The van der Waals surface area contributed by atoms with Crippen molar-refractivity contribution in [2.75, 3.05) is 18.5 Å². The molecule has 1 atom stereocenters. The molecule has 0 aliphatic carbocycles. The van der Waals surface area contributed by atoms with Crippen molar-refractivity contribution in [2.24, 2.45) is 0 Å². The first-order valence-corrected chi connectivity index (χ1v) is 10.8. The van der Waals surface area contributed by atoms with Crippen LogP contribution in [-0.4, -0.2) is 37.0 Å². The molecule has 1 aliphatic rings. The molecule has 0 fully saturated rings. The van der Waals surface area contributed by atoms with E-state index in [-0.39, 0.29) is 5.78 Å². The van der Waals surface area contributed by atoms with Crippen molar-refractivity contribution >= 4 is 34.7 Å². The highest BCUT2D eigenvalue weighted by atomic mass is 32.1. The van der Waals surface area contributed by atoms with Gasteiger partial charge in [-0.05, 0) is 74.0 Å². The van der Waals surface area contributed by atoms with Gasteiger partial charge in [0.25, 0.3) is 5.91 Å². The number of hydrogen-bond acceptors (Lipinski definition) is 7. The summed E-state index contributed by atoms with van der Waals surface area (Å²) < 4.78 is 16.5. The molecule has 0 radical (unpaired) electrons. The molecule has 0 saturated carbocycles. The van der Waals surface area contributed by atoms with Gasteiger partial charge in [0.2, 0.25) is 0 Å². The molecule has 1 N–H and O–H groups in total. The third-order valence-corrected chi connectivity index (χ3v) is 5.96. The summed E-state index contributed by atoms with van der Waals surface area (Å²) in [7, 11) is 0. The van der Waals surface area contributed by atoms with Crippen molar-refractivity contribution in [1.82, 2.24) is 0 Å². The third-order valence-electron chi connectivity index (χ3n) is 4.85. The van der Waals surface area contributed by atoms with Crippen LogP contribution >= 0.6 is 11.3 Å². The molecule has 1 unspecified atom stereocenters. The molecular formula is C24H21NO6S. The number of ketones is 1. The summed E-state index contributed by atoms with van der Waals surface area (Å²) in [6.45, 7) is 4.00. The Balaban J connectivity index is 1.38. The SMILES string of the molecule is CC(=O)c1ccc(NC(=O)C(C)OC(=O)c2ccc(-c3ccc4c(c3)OCCO4)s2)cc1. The highest BCUT2D eigenvalue weighted by Gasteiger charge is 2.21. The van der Waals surface area contributed by atoms with Gasteiger partial charge in [-0.15, -0.1) is 11.3 Å². The van der Waals surface area contributed by atoms with Crippen LogP contribution in [-0.2, 0) is 9.53 Å². The average molecular weight is 452 g/mol. The van der Waals surface area contributed by atoms with Crippen LogP contribution in [0.15, 0.2) is 54.6 Å². The zero-order valence-electron chi connectivity index (χ0n) is 17.5. The zero-order chi connectivity index (χ0) is 22.7. The van der Waals surface area contributed by atoms with E-state index in [1.807, 2.05) is 24.3 Å². The molecule has 0 bridgehead atoms. The summed E-state index contributed by atoms with van der Waals surface area (Å²) in [5, 5.41) is 2.67. The minimum absolute atomic E-state index is 0.0586. The fraction of sp³-hybridized carbons (Fsp3) is 0.208. The van der Waals surface area contributed by atoms with E-state index >= 15 is 0 Å². The molecule has 1 aromatic heterocycles. The second-order valence-corrected chi connectivity index (χ2v) is 8.28. The number of anilines is 1. The van der Waals surface area contributed by atoms with Crippen molar-refractivity contribution in [3.63, 3.8) is 0 Å². The van der Waals surface area contributed by atoms with Gasteiger partial charge in [0, 0.05) is 16.1 Å². The van der Waals surface area contributed by atoms with Gasteiger partial charge in [0.15, 0.2) is 23.4 Å². The van der Waals surface area contributed by atoms with Crippen LogP contribution in [0.25, 0.3) is 10.4 Å². The van der Waals surface area contributed by atoms with E-state index in [1.54, 1.807) is 30.3 Å². The van der Waals surface area contributed by atoms with Gasteiger partial charge in [0.05, 0.1) is 0 Å². The number of esters is 1. The normalized spacial score (nSPS) is 13.2. The molecule has 32 heavy (non-hydrogen) atoms. The lowest BCUT2D eigenvalue weighted by Crippen LogP contribution is -2.29. The smallest absolute Gasteiger partial charge is 0.349 e. The summed E-state index contributed by atoms with van der Waals surface area (Å²) in [5.41, 5.74) is 1.96. The number of ether oxygens (including phenoxy) is 3. The molecule has 0 spiro atoms. The number of carbonyl (C=O) groups is 3. The predicted molar refractivity (Wildman–Crippen MR) is 121 cm³/mol. The minimum atomic E-state index is -0.991. The third kappa shape index (κ3) is 4.81. The van der Waals surface area contributed by atoms with Crippen molar-refractivity contribution in [1.29, 1.82) is 0 Å². The molecule has 7 nitrogen and oxygen atoms in total. The van der Waals surface area contributed by atoms with E-state index in [9.17, 15) is 14.4 Å². The molecule has 2 heterocycles. The Bertz CT molecular complexity index is 1170. The first-order valence-electron chi connectivity index (χ1n) is 10.0. The second kappa shape index (κ2) is 9.23. The Labute approximate surface area is 188 Å².